The number of anilines is 1. The lowest BCUT2D eigenvalue weighted by atomic mass is 10.0. The van der Waals surface area contributed by atoms with Crippen molar-refractivity contribution in [3.05, 3.63) is 23.9 Å². The summed E-state index contributed by atoms with van der Waals surface area (Å²) < 4.78 is 0. The van der Waals surface area contributed by atoms with Crippen molar-refractivity contribution in [3.8, 4) is 0 Å². The molecule has 0 radical (unpaired) electrons. The molecule has 1 aromatic rings. The number of nitrogens with zero attached hydrogens (tertiary/aromatic N) is 1. The minimum absolute atomic E-state index is 0.841. The lowest BCUT2D eigenvalue weighted by molar-refractivity contribution is 0.515. The minimum atomic E-state index is 0.841. The maximum absolute atomic E-state index is 4.31. The van der Waals surface area contributed by atoms with Gasteiger partial charge in [0.15, 0.2) is 0 Å². The van der Waals surface area contributed by atoms with Gasteiger partial charge in [0, 0.05) is 12.7 Å². The zero-order valence-corrected chi connectivity index (χ0v) is 10.0. The van der Waals surface area contributed by atoms with Crippen molar-refractivity contribution >= 4 is 17.6 Å². The summed E-state index contributed by atoms with van der Waals surface area (Å²) in [5.41, 5.74) is 1.27. The van der Waals surface area contributed by atoms with E-state index in [1.54, 1.807) is 0 Å². The maximum atomic E-state index is 4.31. The summed E-state index contributed by atoms with van der Waals surface area (Å²) in [5, 5.41) is 3.43. The van der Waals surface area contributed by atoms with Gasteiger partial charge < -0.3 is 5.32 Å². The van der Waals surface area contributed by atoms with Crippen LogP contribution in [0.25, 0.3) is 0 Å². The van der Waals surface area contributed by atoms with Gasteiger partial charge in [0.05, 0.1) is 0 Å². The molecule has 15 heavy (non-hydrogen) atoms. The summed E-state index contributed by atoms with van der Waals surface area (Å²) in [6.07, 6.45) is 4.57. The Bertz CT molecular complexity index is 308. The third kappa shape index (κ3) is 3.42. The first-order chi connectivity index (χ1) is 7.34. The molecule has 0 atom stereocenters. The van der Waals surface area contributed by atoms with E-state index in [4.69, 9.17) is 0 Å². The molecule has 82 valence electrons. The molecule has 1 fully saturated rings. The van der Waals surface area contributed by atoms with Crippen LogP contribution >= 0.6 is 11.8 Å². The average Bonchev–Trinajstić information content (AvgIpc) is 2.28. The minimum Gasteiger partial charge on any atom is -0.370 e. The van der Waals surface area contributed by atoms with Gasteiger partial charge in [-0.05, 0) is 54.9 Å². The molecule has 1 aliphatic rings. The normalized spacial score (nSPS) is 17.7. The lowest BCUT2D eigenvalue weighted by Crippen LogP contribution is -2.19. The Morgan fingerprint density at radius 2 is 2.27 bits per heavy atom. The molecule has 2 nitrogen and oxygen atoms in total. The number of aromatic nitrogens is 1. The lowest BCUT2D eigenvalue weighted by Gasteiger charge is -2.21. The van der Waals surface area contributed by atoms with E-state index >= 15 is 0 Å². The zero-order chi connectivity index (χ0) is 10.5. The third-order valence-corrected chi connectivity index (χ3v) is 3.88. The summed E-state index contributed by atoms with van der Waals surface area (Å²) in [5.74, 6) is 4.52. The third-order valence-electron chi connectivity index (χ3n) is 2.83. The van der Waals surface area contributed by atoms with Crippen molar-refractivity contribution in [2.45, 2.75) is 19.8 Å². The van der Waals surface area contributed by atoms with Crippen LogP contribution in [-0.4, -0.2) is 23.0 Å². The van der Waals surface area contributed by atoms with Gasteiger partial charge in [0.25, 0.3) is 0 Å². The average molecular weight is 222 g/mol. The van der Waals surface area contributed by atoms with Crippen LogP contribution in [0.2, 0.25) is 0 Å². The van der Waals surface area contributed by atoms with Gasteiger partial charge in [-0.3, -0.25) is 0 Å². The predicted molar refractivity (Wildman–Crippen MR) is 67.5 cm³/mol. The van der Waals surface area contributed by atoms with Crippen molar-refractivity contribution in [1.82, 2.24) is 4.98 Å². The van der Waals surface area contributed by atoms with E-state index in [1.807, 2.05) is 12.3 Å². The molecule has 1 N–H and O–H groups in total. The largest absolute Gasteiger partial charge is 0.370 e. The standard InChI is InChI=1S/C12H18N2S/c1-10-2-5-13-12(8-10)14-9-11-3-6-15-7-4-11/h2,5,8,11H,3-4,6-7,9H2,1H3,(H,13,14). The van der Waals surface area contributed by atoms with Gasteiger partial charge in [0.2, 0.25) is 0 Å². The molecule has 1 saturated heterocycles. The fraction of sp³-hybridized carbons (Fsp3) is 0.583. The molecular weight excluding hydrogens is 204 g/mol. The molecule has 0 spiro atoms. The van der Waals surface area contributed by atoms with Gasteiger partial charge in [0.1, 0.15) is 5.82 Å². The zero-order valence-electron chi connectivity index (χ0n) is 9.20. The summed E-state index contributed by atoms with van der Waals surface area (Å²) in [4.78, 5) is 4.31. The maximum Gasteiger partial charge on any atom is 0.126 e. The predicted octanol–water partition coefficient (Wildman–Crippen LogP) is 2.95. The van der Waals surface area contributed by atoms with Gasteiger partial charge in [-0.25, -0.2) is 4.98 Å². The number of thioether (sulfide) groups is 1. The molecule has 1 aliphatic heterocycles. The van der Waals surface area contributed by atoms with Crippen LogP contribution in [0.1, 0.15) is 18.4 Å². The van der Waals surface area contributed by atoms with E-state index in [0.717, 1.165) is 18.3 Å². The molecule has 0 bridgehead atoms. The molecule has 0 aliphatic carbocycles. The van der Waals surface area contributed by atoms with Crippen LogP contribution in [0.15, 0.2) is 18.3 Å². The summed E-state index contributed by atoms with van der Waals surface area (Å²) in [6.45, 7) is 3.18. The van der Waals surface area contributed by atoms with Crippen LogP contribution in [0.4, 0.5) is 5.82 Å². The second kappa shape index (κ2) is 5.40. The molecule has 2 rings (SSSR count). The molecule has 0 amide bonds. The second-order valence-electron chi connectivity index (χ2n) is 4.16. The Balaban J connectivity index is 1.81. The Kier molecular flexibility index (Phi) is 3.89. The van der Waals surface area contributed by atoms with Crippen LogP contribution in [0, 0.1) is 12.8 Å². The van der Waals surface area contributed by atoms with Crippen LogP contribution in [0.3, 0.4) is 0 Å². The Hall–Kier alpha value is -0.700. The highest BCUT2D eigenvalue weighted by atomic mass is 32.2. The van der Waals surface area contributed by atoms with Gasteiger partial charge in [-0.2, -0.15) is 11.8 Å². The quantitative estimate of drug-likeness (QED) is 0.851. The van der Waals surface area contributed by atoms with E-state index in [1.165, 1.54) is 29.9 Å². The first-order valence-electron chi connectivity index (χ1n) is 5.59. The smallest absolute Gasteiger partial charge is 0.126 e. The molecular formula is C12H18N2S. The summed E-state index contributed by atoms with van der Waals surface area (Å²) in [7, 11) is 0. The molecule has 1 aromatic heterocycles. The van der Waals surface area contributed by atoms with Crippen molar-refractivity contribution in [3.63, 3.8) is 0 Å². The first kappa shape index (κ1) is 10.8. The Labute approximate surface area is 95.9 Å². The topological polar surface area (TPSA) is 24.9 Å². The van der Waals surface area contributed by atoms with Gasteiger partial charge in [-0.1, -0.05) is 0 Å². The second-order valence-corrected chi connectivity index (χ2v) is 5.38. The van der Waals surface area contributed by atoms with E-state index < -0.39 is 0 Å². The number of nitrogens with one attached hydrogen (secondary N) is 1. The molecule has 0 unspecified atom stereocenters. The van der Waals surface area contributed by atoms with Gasteiger partial charge >= 0.3 is 0 Å². The number of hydrogen-bond acceptors (Lipinski definition) is 3. The van der Waals surface area contributed by atoms with Crippen LogP contribution in [0.5, 0.6) is 0 Å². The van der Waals surface area contributed by atoms with Crippen molar-refractivity contribution < 1.29 is 0 Å². The van der Waals surface area contributed by atoms with E-state index in [0.29, 0.717) is 0 Å². The SMILES string of the molecule is Cc1ccnc(NCC2CCSCC2)c1. The Morgan fingerprint density at radius 3 is 3.00 bits per heavy atom. The molecule has 2 heterocycles. The summed E-state index contributed by atoms with van der Waals surface area (Å²) >= 11 is 2.08. The van der Waals surface area contributed by atoms with E-state index in [9.17, 15) is 0 Å². The fourth-order valence-electron chi connectivity index (χ4n) is 1.83. The highest BCUT2D eigenvalue weighted by molar-refractivity contribution is 7.99. The van der Waals surface area contributed by atoms with Gasteiger partial charge in [-0.15, -0.1) is 0 Å². The first-order valence-corrected chi connectivity index (χ1v) is 6.74. The number of pyridine rings is 1. The van der Waals surface area contributed by atoms with Crippen molar-refractivity contribution in [2.24, 2.45) is 5.92 Å². The monoisotopic (exact) mass is 222 g/mol. The Morgan fingerprint density at radius 1 is 1.47 bits per heavy atom. The molecule has 0 saturated carbocycles. The number of rotatable bonds is 3. The van der Waals surface area contributed by atoms with E-state index in [2.05, 4.69) is 35.1 Å². The molecule has 0 aromatic carbocycles. The number of aryl methyl sites for hydroxylation is 1. The summed E-state index contributed by atoms with van der Waals surface area (Å²) in [6, 6.07) is 4.14. The van der Waals surface area contributed by atoms with Crippen LogP contribution < -0.4 is 5.32 Å². The highest BCUT2D eigenvalue weighted by Gasteiger charge is 2.13. The van der Waals surface area contributed by atoms with Crippen LogP contribution in [-0.2, 0) is 0 Å². The fourth-order valence-corrected chi connectivity index (χ4v) is 3.04. The van der Waals surface area contributed by atoms with Crippen molar-refractivity contribution in [1.29, 1.82) is 0 Å². The highest BCUT2D eigenvalue weighted by Crippen LogP contribution is 2.22. The molecule has 3 heteroatoms. The van der Waals surface area contributed by atoms with E-state index in [-0.39, 0.29) is 0 Å². The van der Waals surface area contributed by atoms with Crippen molar-refractivity contribution in [2.75, 3.05) is 23.4 Å². The number of hydrogen-bond donors (Lipinski definition) is 1.